The summed E-state index contributed by atoms with van der Waals surface area (Å²) in [6.07, 6.45) is 3.98. The molecule has 0 spiro atoms. The Hall–Kier alpha value is -2.70. The molecule has 0 unspecified atom stereocenters. The van der Waals surface area contributed by atoms with E-state index >= 15 is 0 Å². The van der Waals surface area contributed by atoms with Gasteiger partial charge in [0.1, 0.15) is 11.7 Å². The van der Waals surface area contributed by atoms with Gasteiger partial charge in [0, 0.05) is 11.4 Å². The number of amides is 1. The minimum atomic E-state index is -1.48. The van der Waals surface area contributed by atoms with Crippen molar-refractivity contribution in [3.63, 3.8) is 0 Å². The highest BCUT2D eigenvalue weighted by molar-refractivity contribution is 6.00. The predicted octanol–water partition coefficient (Wildman–Crippen LogP) is 0.380. The summed E-state index contributed by atoms with van der Waals surface area (Å²) in [5.74, 6) is -1.82. The van der Waals surface area contributed by atoms with Crippen LogP contribution >= 0.6 is 0 Å². The van der Waals surface area contributed by atoms with Crippen molar-refractivity contribution in [1.29, 1.82) is 0 Å². The third-order valence-electron chi connectivity index (χ3n) is 4.47. The van der Waals surface area contributed by atoms with Crippen molar-refractivity contribution in [2.24, 2.45) is 0 Å². The molecule has 1 aromatic carbocycles. The molecule has 0 saturated heterocycles. The maximum Gasteiger partial charge on any atom is 0.275 e. The first kappa shape index (κ1) is 16.2. The second kappa shape index (κ2) is 6.43. The highest BCUT2D eigenvalue weighted by atomic mass is 16.4. The molecule has 1 aromatic heterocycles. The number of nitrogens with zero attached hydrogens (tertiary/aromatic N) is 2. The lowest BCUT2D eigenvalue weighted by Gasteiger charge is -2.19. The summed E-state index contributed by atoms with van der Waals surface area (Å²) in [6, 6.07) is 5.48. The Balaban J connectivity index is 2.01. The third kappa shape index (κ3) is 2.89. The number of hydrogen-bond donors (Lipinski definition) is 1. The molecule has 1 atom stereocenters. The number of carbonyl (C=O) groups excluding carboxylic acids is 2. The summed E-state index contributed by atoms with van der Waals surface area (Å²) in [6.45, 7) is 1.53. The number of rotatable bonds is 4. The van der Waals surface area contributed by atoms with Crippen LogP contribution in [0.5, 0.6) is 0 Å². The molecule has 3 rings (SSSR count). The Kier molecular flexibility index (Phi) is 4.33. The Morgan fingerprint density at radius 3 is 2.50 bits per heavy atom. The van der Waals surface area contributed by atoms with Crippen molar-refractivity contribution in [3.8, 4) is 0 Å². The number of aromatic carboxylic acids is 1. The monoisotopic (exact) mass is 328 g/mol. The fourth-order valence-corrected chi connectivity index (χ4v) is 3.12. The molecule has 1 heterocycles. The van der Waals surface area contributed by atoms with E-state index in [4.69, 9.17) is 0 Å². The molecule has 1 aliphatic carbocycles. The molecule has 1 aliphatic rings. The van der Waals surface area contributed by atoms with E-state index in [1.54, 1.807) is 12.1 Å². The average molecular weight is 328 g/mol. The van der Waals surface area contributed by atoms with Crippen LogP contribution in [0, 0.1) is 0 Å². The predicted molar refractivity (Wildman–Crippen MR) is 85.4 cm³/mol. The van der Waals surface area contributed by atoms with Crippen molar-refractivity contribution in [2.75, 3.05) is 0 Å². The summed E-state index contributed by atoms with van der Waals surface area (Å²) in [5, 5.41) is 18.5. The third-order valence-corrected chi connectivity index (χ3v) is 4.47. The standard InChI is InChI=1S/C17H19N3O4/c1-10(15(21)18-11-6-2-3-7-11)20-16(22)13-9-5-4-8-12(13)14(19-20)17(23)24/h4-5,8-11H,2-3,6-7H2,1H3,(H,18,21)(H,23,24)/p-1/t10-/m1/s1. The highest BCUT2D eigenvalue weighted by Crippen LogP contribution is 2.19. The van der Waals surface area contributed by atoms with Crippen molar-refractivity contribution >= 4 is 22.6 Å². The van der Waals surface area contributed by atoms with Crippen LogP contribution in [-0.4, -0.2) is 27.7 Å². The lowest BCUT2D eigenvalue weighted by molar-refractivity contribution is -0.255. The van der Waals surface area contributed by atoms with Gasteiger partial charge in [0.15, 0.2) is 0 Å². The average Bonchev–Trinajstić information content (AvgIpc) is 3.07. The van der Waals surface area contributed by atoms with Crippen LogP contribution in [0.15, 0.2) is 29.1 Å². The SMILES string of the molecule is C[C@H](C(=O)NC1CCCC1)n1nc(C(=O)[O-])c2ccccc2c1=O. The van der Waals surface area contributed by atoms with Crippen molar-refractivity contribution in [1.82, 2.24) is 15.1 Å². The first-order chi connectivity index (χ1) is 11.5. The molecule has 126 valence electrons. The smallest absolute Gasteiger partial charge is 0.275 e. The van der Waals surface area contributed by atoms with Crippen LogP contribution in [0.2, 0.25) is 0 Å². The molecule has 0 aliphatic heterocycles. The molecule has 0 radical (unpaired) electrons. The van der Waals surface area contributed by atoms with Gasteiger partial charge in [-0.2, -0.15) is 5.10 Å². The number of carbonyl (C=O) groups is 2. The maximum atomic E-state index is 12.6. The second-order valence-corrected chi connectivity index (χ2v) is 6.10. The molecule has 1 saturated carbocycles. The van der Waals surface area contributed by atoms with Crippen LogP contribution in [-0.2, 0) is 4.79 Å². The number of benzene rings is 1. The van der Waals surface area contributed by atoms with E-state index in [-0.39, 0.29) is 28.4 Å². The van der Waals surface area contributed by atoms with Crippen LogP contribution in [0.1, 0.15) is 49.1 Å². The first-order valence-corrected chi connectivity index (χ1v) is 8.02. The highest BCUT2D eigenvalue weighted by Gasteiger charge is 2.24. The second-order valence-electron chi connectivity index (χ2n) is 6.10. The molecule has 7 heteroatoms. The van der Waals surface area contributed by atoms with Crippen molar-refractivity contribution in [2.45, 2.75) is 44.7 Å². The van der Waals surface area contributed by atoms with Crippen LogP contribution < -0.4 is 16.0 Å². The van der Waals surface area contributed by atoms with Crippen molar-refractivity contribution < 1.29 is 14.7 Å². The van der Waals surface area contributed by atoms with Crippen LogP contribution in [0.3, 0.4) is 0 Å². The number of carboxylic acids is 1. The number of hydrogen-bond acceptors (Lipinski definition) is 5. The van der Waals surface area contributed by atoms with E-state index in [0.717, 1.165) is 30.4 Å². The summed E-state index contributed by atoms with van der Waals surface area (Å²) >= 11 is 0. The van der Waals surface area contributed by atoms with E-state index in [1.807, 2.05) is 0 Å². The minimum Gasteiger partial charge on any atom is -0.543 e. The molecule has 0 bridgehead atoms. The summed E-state index contributed by atoms with van der Waals surface area (Å²) in [4.78, 5) is 36.3. The van der Waals surface area contributed by atoms with Gasteiger partial charge in [-0.15, -0.1) is 0 Å². The summed E-state index contributed by atoms with van der Waals surface area (Å²) in [5.41, 5.74) is -0.838. The molecule has 1 amide bonds. The topological polar surface area (TPSA) is 104 Å². The molecular formula is C17H18N3O4-. The van der Waals surface area contributed by atoms with E-state index in [0.29, 0.717) is 0 Å². The fraction of sp³-hybridized carbons (Fsp3) is 0.412. The number of fused-ring (bicyclic) bond motifs is 1. The molecule has 7 nitrogen and oxygen atoms in total. The minimum absolute atomic E-state index is 0.108. The summed E-state index contributed by atoms with van der Waals surface area (Å²) < 4.78 is 0.928. The number of carboxylic acid groups (broad SMARTS) is 1. The lowest BCUT2D eigenvalue weighted by Crippen LogP contribution is -2.42. The lowest BCUT2D eigenvalue weighted by atomic mass is 10.1. The van der Waals surface area contributed by atoms with Gasteiger partial charge in [-0.3, -0.25) is 9.59 Å². The van der Waals surface area contributed by atoms with Gasteiger partial charge in [0.25, 0.3) is 5.56 Å². The zero-order valence-corrected chi connectivity index (χ0v) is 13.3. The van der Waals surface area contributed by atoms with Crippen molar-refractivity contribution in [3.05, 3.63) is 40.3 Å². The zero-order chi connectivity index (χ0) is 17.3. The van der Waals surface area contributed by atoms with E-state index in [1.165, 1.54) is 19.1 Å². The number of nitrogens with one attached hydrogen (secondary N) is 1. The van der Waals surface area contributed by atoms with E-state index in [9.17, 15) is 19.5 Å². The van der Waals surface area contributed by atoms with Gasteiger partial charge in [-0.05, 0) is 25.8 Å². The normalized spacial score (nSPS) is 16.2. The summed E-state index contributed by atoms with van der Waals surface area (Å²) in [7, 11) is 0. The van der Waals surface area contributed by atoms with E-state index in [2.05, 4.69) is 10.4 Å². The maximum absolute atomic E-state index is 12.6. The van der Waals surface area contributed by atoms with Gasteiger partial charge in [0.05, 0.1) is 11.4 Å². The molecule has 1 N–H and O–H groups in total. The first-order valence-electron chi connectivity index (χ1n) is 8.02. The van der Waals surface area contributed by atoms with Crippen LogP contribution in [0.25, 0.3) is 10.8 Å². The number of aromatic nitrogens is 2. The van der Waals surface area contributed by atoms with Gasteiger partial charge >= 0.3 is 0 Å². The Morgan fingerprint density at radius 1 is 1.25 bits per heavy atom. The Bertz CT molecular complexity index is 853. The van der Waals surface area contributed by atoms with E-state index < -0.39 is 17.6 Å². The molecule has 24 heavy (non-hydrogen) atoms. The fourth-order valence-electron chi connectivity index (χ4n) is 3.12. The zero-order valence-electron chi connectivity index (χ0n) is 13.3. The largest absolute Gasteiger partial charge is 0.543 e. The van der Waals surface area contributed by atoms with Gasteiger partial charge in [0.2, 0.25) is 5.91 Å². The molecular weight excluding hydrogens is 310 g/mol. The Labute approximate surface area is 138 Å². The molecule has 1 fully saturated rings. The van der Waals surface area contributed by atoms with Gasteiger partial charge in [-0.1, -0.05) is 31.0 Å². The van der Waals surface area contributed by atoms with Gasteiger partial charge < -0.3 is 15.2 Å². The van der Waals surface area contributed by atoms with Gasteiger partial charge in [-0.25, -0.2) is 4.68 Å². The van der Waals surface area contributed by atoms with Crippen LogP contribution in [0.4, 0.5) is 0 Å². The molecule has 2 aromatic rings. The quantitative estimate of drug-likeness (QED) is 0.874. The Morgan fingerprint density at radius 2 is 1.88 bits per heavy atom.